The summed E-state index contributed by atoms with van der Waals surface area (Å²) < 4.78 is 5.08. The van der Waals surface area contributed by atoms with E-state index in [-0.39, 0.29) is 5.54 Å². The smallest absolute Gasteiger partial charge is 0.191 e. The third-order valence-electron chi connectivity index (χ3n) is 2.67. The van der Waals surface area contributed by atoms with Crippen LogP contribution in [0.25, 0.3) is 0 Å². The van der Waals surface area contributed by atoms with Crippen LogP contribution in [0.5, 0.6) is 0 Å². The van der Waals surface area contributed by atoms with Crippen LogP contribution in [0.1, 0.15) is 20.3 Å². The van der Waals surface area contributed by atoms with Crippen LogP contribution in [0.4, 0.5) is 0 Å². The zero-order chi connectivity index (χ0) is 9.90. The van der Waals surface area contributed by atoms with Crippen molar-refractivity contribution in [1.82, 2.24) is 4.90 Å². The van der Waals surface area contributed by atoms with E-state index >= 15 is 0 Å². The van der Waals surface area contributed by atoms with E-state index < -0.39 is 0 Å². The molecule has 1 heterocycles. The number of guanidine groups is 1. The zero-order valence-electron chi connectivity index (χ0n) is 8.71. The van der Waals surface area contributed by atoms with Crippen molar-refractivity contribution < 1.29 is 4.74 Å². The molecule has 0 fully saturated rings. The summed E-state index contributed by atoms with van der Waals surface area (Å²) in [7, 11) is 1.72. The standard InChI is InChI=1S/C9H19N3O/c1-4-12-8(10)11-7-9(12,2)5-6-13-3/h4-7H2,1-3H3,(H2,10,11). The number of nitrogens with zero attached hydrogens (tertiary/aromatic N) is 2. The van der Waals surface area contributed by atoms with Gasteiger partial charge in [-0.1, -0.05) is 0 Å². The maximum Gasteiger partial charge on any atom is 0.191 e. The van der Waals surface area contributed by atoms with Gasteiger partial charge in [-0.25, -0.2) is 0 Å². The van der Waals surface area contributed by atoms with Crippen LogP contribution in [0, 0.1) is 0 Å². The molecule has 1 aliphatic heterocycles. The van der Waals surface area contributed by atoms with E-state index in [4.69, 9.17) is 10.5 Å². The van der Waals surface area contributed by atoms with Crippen molar-refractivity contribution in [2.45, 2.75) is 25.8 Å². The molecule has 0 saturated heterocycles. The molecule has 0 saturated carbocycles. The maximum atomic E-state index is 5.77. The Hall–Kier alpha value is -0.770. The van der Waals surface area contributed by atoms with Crippen molar-refractivity contribution in [2.24, 2.45) is 10.7 Å². The van der Waals surface area contributed by atoms with Gasteiger partial charge in [0, 0.05) is 20.3 Å². The fraction of sp³-hybridized carbons (Fsp3) is 0.889. The second kappa shape index (κ2) is 3.96. The second-order valence-corrected chi connectivity index (χ2v) is 3.66. The third-order valence-corrected chi connectivity index (χ3v) is 2.67. The van der Waals surface area contributed by atoms with Gasteiger partial charge in [-0.05, 0) is 20.3 Å². The molecule has 1 rings (SSSR count). The van der Waals surface area contributed by atoms with Gasteiger partial charge in [0.15, 0.2) is 5.96 Å². The molecular weight excluding hydrogens is 166 g/mol. The molecule has 0 spiro atoms. The minimum Gasteiger partial charge on any atom is -0.385 e. The number of likely N-dealkylation sites (N-methyl/N-ethyl adjacent to an activating group) is 1. The van der Waals surface area contributed by atoms with Gasteiger partial charge in [0.2, 0.25) is 0 Å². The van der Waals surface area contributed by atoms with Crippen molar-refractivity contribution in [2.75, 3.05) is 26.8 Å². The maximum absolute atomic E-state index is 5.77. The molecule has 0 aromatic rings. The van der Waals surface area contributed by atoms with E-state index in [0.717, 1.165) is 26.1 Å². The number of hydrogen-bond donors (Lipinski definition) is 1. The average molecular weight is 185 g/mol. The van der Waals surface area contributed by atoms with E-state index in [1.165, 1.54) is 0 Å². The van der Waals surface area contributed by atoms with Crippen molar-refractivity contribution >= 4 is 5.96 Å². The van der Waals surface area contributed by atoms with Crippen LogP contribution in [0.15, 0.2) is 4.99 Å². The molecule has 1 aliphatic rings. The number of aliphatic imine (C=N–C) groups is 1. The quantitative estimate of drug-likeness (QED) is 0.691. The highest BCUT2D eigenvalue weighted by Gasteiger charge is 2.36. The zero-order valence-corrected chi connectivity index (χ0v) is 8.71. The number of hydrogen-bond acceptors (Lipinski definition) is 4. The first-order valence-electron chi connectivity index (χ1n) is 4.70. The number of methoxy groups -OCH3 is 1. The van der Waals surface area contributed by atoms with Gasteiger partial charge >= 0.3 is 0 Å². The SMILES string of the molecule is CCN1C(N)=NCC1(C)CCOC. The molecule has 0 aliphatic carbocycles. The number of ether oxygens (including phenoxy) is 1. The molecule has 13 heavy (non-hydrogen) atoms. The van der Waals surface area contributed by atoms with Crippen molar-refractivity contribution in [3.8, 4) is 0 Å². The minimum absolute atomic E-state index is 0.0643. The number of rotatable bonds is 4. The summed E-state index contributed by atoms with van der Waals surface area (Å²) in [5.41, 5.74) is 5.84. The molecule has 0 aromatic heterocycles. The highest BCUT2D eigenvalue weighted by molar-refractivity contribution is 5.80. The largest absolute Gasteiger partial charge is 0.385 e. The average Bonchev–Trinajstić information content (AvgIpc) is 2.40. The third kappa shape index (κ3) is 1.94. The Kier molecular flexibility index (Phi) is 3.14. The molecule has 1 atom stereocenters. The monoisotopic (exact) mass is 185 g/mol. The van der Waals surface area contributed by atoms with Crippen molar-refractivity contribution in [1.29, 1.82) is 0 Å². The molecule has 0 amide bonds. The molecule has 4 nitrogen and oxygen atoms in total. The summed E-state index contributed by atoms with van der Waals surface area (Å²) in [6.07, 6.45) is 0.974. The van der Waals surface area contributed by atoms with Crippen LogP contribution < -0.4 is 5.73 Å². The molecule has 0 radical (unpaired) electrons. The van der Waals surface area contributed by atoms with Gasteiger partial charge in [0.25, 0.3) is 0 Å². The fourth-order valence-electron chi connectivity index (χ4n) is 1.78. The summed E-state index contributed by atoms with van der Waals surface area (Å²) in [5.74, 6) is 0.668. The van der Waals surface area contributed by atoms with E-state index in [1.54, 1.807) is 7.11 Å². The van der Waals surface area contributed by atoms with Crippen LogP contribution >= 0.6 is 0 Å². The fourth-order valence-corrected chi connectivity index (χ4v) is 1.78. The summed E-state index contributed by atoms with van der Waals surface area (Å²) in [6.45, 7) is 6.74. The predicted molar refractivity (Wildman–Crippen MR) is 53.8 cm³/mol. The lowest BCUT2D eigenvalue weighted by atomic mass is 9.97. The normalized spacial score (nSPS) is 27.9. The minimum atomic E-state index is 0.0643. The van der Waals surface area contributed by atoms with Crippen molar-refractivity contribution in [3.05, 3.63) is 0 Å². The predicted octanol–water partition coefficient (Wildman–Crippen LogP) is 0.432. The van der Waals surface area contributed by atoms with Crippen molar-refractivity contribution in [3.63, 3.8) is 0 Å². The Morgan fingerprint density at radius 3 is 2.92 bits per heavy atom. The topological polar surface area (TPSA) is 50.8 Å². The van der Waals surface area contributed by atoms with E-state index in [9.17, 15) is 0 Å². The van der Waals surface area contributed by atoms with E-state index in [1.807, 2.05) is 0 Å². The highest BCUT2D eigenvalue weighted by Crippen LogP contribution is 2.24. The Morgan fingerprint density at radius 1 is 1.69 bits per heavy atom. The molecule has 0 bridgehead atoms. The lowest BCUT2D eigenvalue weighted by Crippen LogP contribution is -2.49. The van der Waals surface area contributed by atoms with Gasteiger partial charge < -0.3 is 15.4 Å². The van der Waals surface area contributed by atoms with Crippen LogP contribution in [-0.2, 0) is 4.74 Å². The summed E-state index contributed by atoms with van der Waals surface area (Å²) in [6, 6.07) is 0. The van der Waals surface area contributed by atoms with E-state index in [2.05, 4.69) is 23.7 Å². The molecule has 2 N–H and O–H groups in total. The Balaban J connectivity index is 2.59. The van der Waals surface area contributed by atoms with Crippen LogP contribution in [-0.4, -0.2) is 43.2 Å². The van der Waals surface area contributed by atoms with Crippen LogP contribution in [0.2, 0.25) is 0 Å². The Labute approximate surface area is 79.8 Å². The lowest BCUT2D eigenvalue weighted by Gasteiger charge is -2.35. The summed E-state index contributed by atoms with van der Waals surface area (Å²) >= 11 is 0. The summed E-state index contributed by atoms with van der Waals surface area (Å²) in [5, 5.41) is 0. The summed E-state index contributed by atoms with van der Waals surface area (Å²) in [4.78, 5) is 6.40. The Bertz CT molecular complexity index is 205. The highest BCUT2D eigenvalue weighted by atomic mass is 16.5. The Morgan fingerprint density at radius 2 is 2.38 bits per heavy atom. The molecule has 4 heteroatoms. The van der Waals surface area contributed by atoms with Crippen LogP contribution in [0.3, 0.4) is 0 Å². The first-order valence-corrected chi connectivity index (χ1v) is 4.70. The van der Waals surface area contributed by atoms with E-state index in [0.29, 0.717) is 5.96 Å². The van der Waals surface area contributed by atoms with Gasteiger partial charge in [0.05, 0.1) is 12.1 Å². The molecule has 0 aromatic carbocycles. The van der Waals surface area contributed by atoms with Gasteiger partial charge in [-0.2, -0.15) is 0 Å². The molecule has 76 valence electrons. The van der Waals surface area contributed by atoms with Gasteiger partial charge in [0.1, 0.15) is 0 Å². The second-order valence-electron chi connectivity index (χ2n) is 3.66. The lowest BCUT2D eigenvalue weighted by molar-refractivity contribution is 0.129. The van der Waals surface area contributed by atoms with Gasteiger partial charge in [-0.3, -0.25) is 4.99 Å². The number of nitrogens with two attached hydrogens (primary N) is 1. The molecular formula is C9H19N3O. The van der Waals surface area contributed by atoms with Gasteiger partial charge in [-0.15, -0.1) is 0 Å². The first kappa shape index (κ1) is 10.3. The molecule has 1 unspecified atom stereocenters. The first-order chi connectivity index (χ1) is 6.14.